The molecule has 0 saturated carbocycles. The molecule has 1 aliphatic rings. The summed E-state index contributed by atoms with van der Waals surface area (Å²) in [7, 11) is 0. The summed E-state index contributed by atoms with van der Waals surface area (Å²) in [6, 6.07) is 5.38. The maximum absolute atomic E-state index is 6.37. The number of nitrogens with one attached hydrogen (secondary N) is 1. The zero-order valence-corrected chi connectivity index (χ0v) is 13.3. The van der Waals surface area contributed by atoms with Gasteiger partial charge in [0, 0.05) is 6.20 Å². The van der Waals surface area contributed by atoms with Gasteiger partial charge in [0.25, 0.3) is 0 Å². The summed E-state index contributed by atoms with van der Waals surface area (Å²) >= 11 is 19.0. The highest BCUT2D eigenvalue weighted by atomic mass is 35.5. The van der Waals surface area contributed by atoms with E-state index in [2.05, 4.69) is 18.7 Å². The minimum absolute atomic E-state index is 0.447. The SMILES string of the molecule is S=c1[nH]c2cccnc2n1-c1c(Cl)cc(Cl)c2c1N=S=N2. The Morgan fingerprint density at radius 1 is 1.19 bits per heavy atom. The smallest absolute Gasteiger partial charge is 0.184 e. The second-order valence-corrected chi connectivity index (χ2v) is 6.02. The molecule has 21 heavy (non-hydrogen) atoms. The highest BCUT2D eigenvalue weighted by Gasteiger charge is 2.22. The highest BCUT2D eigenvalue weighted by molar-refractivity contribution is 7.71. The molecule has 0 fully saturated rings. The van der Waals surface area contributed by atoms with Crippen LogP contribution in [0.25, 0.3) is 16.9 Å². The van der Waals surface area contributed by atoms with E-state index in [0.717, 1.165) is 16.9 Å². The topological polar surface area (TPSA) is 58.3 Å². The maximum atomic E-state index is 6.37. The van der Waals surface area contributed by atoms with Gasteiger partial charge in [-0.25, -0.2) is 4.98 Å². The molecular weight excluding hydrogens is 349 g/mol. The first kappa shape index (κ1) is 13.1. The van der Waals surface area contributed by atoms with E-state index in [9.17, 15) is 0 Å². The molecule has 0 radical (unpaired) electrons. The lowest BCUT2D eigenvalue weighted by Crippen LogP contribution is -1.97. The molecule has 0 saturated heterocycles. The lowest BCUT2D eigenvalue weighted by atomic mass is 10.2. The second kappa shape index (κ2) is 4.74. The van der Waals surface area contributed by atoms with Crippen LogP contribution < -0.4 is 0 Å². The highest BCUT2D eigenvalue weighted by Crippen LogP contribution is 2.46. The molecule has 0 spiro atoms. The van der Waals surface area contributed by atoms with Crippen molar-refractivity contribution in [3.8, 4) is 5.69 Å². The lowest BCUT2D eigenvalue weighted by Gasteiger charge is -2.10. The Labute approximate surface area is 137 Å². The summed E-state index contributed by atoms with van der Waals surface area (Å²) in [5.74, 6) is 0. The minimum Gasteiger partial charge on any atom is -0.329 e. The van der Waals surface area contributed by atoms with E-state index in [4.69, 9.17) is 35.4 Å². The van der Waals surface area contributed by atoms with Crippen molar-refractivity contribution in [2.75, 3.05) is 0 Å². The first-order valence-electron chi connectivity index (χ1n) is 5.83. The van der Waals surface area contributed by atoms with Crippen molar-refractivity contribution in [3.05, 3.63) is 39.2 Å². The Balaban J connectivity index is 2.17. The Morgan fingerprint density at radius 2 is 2.00 bits per heavy atom. The van der Waals surface area contributed by atoms with E-state index in [-0.39, 0.29) is 0 Å². The minimum atomic E-state index is 0.447. The molecule has 0 amide bonds. The maximum Gasteiger partial charge on any atom is 0.184 e. The third-order valence-corrected chi connectivity index (χ3v) is 4.47. The standard InChI is InChI=1S/C12H5Cl2N5S2/c13-5-4-6(14)10(9-8(5)17-21-18-9)19-11-7(16-12(19)20)2-1-3-15-11/h1-4H,(H,16,20). The van der Waals surface area contributed by atoms with Gasteiger partial charge in [-0.2, -0.15) is 8.73 Å². The summed E-state index contributed by atoms with van der Waals surface area (Å²) in [5, 5.41) is 0.912. The fourth-order valence-corrected chi connectivity index (χ4v) is 3.70. The van der Waals surface area contributed by atoms with E-state index in [1.54, 1.807) is 16.8 Å². The molecular formula is C12H5Cl2N5S2. The number of halogens is 2. The molecule has 3 aromatic rings. The van der Waals surface area contributed by atoms with Crippen LogP contribution in [0.5, 0.6) is 0 Å². The zero-order chi connectivity index (χ0) is 14.6. The monoisotopic (exact) mass is 353 g/mol. The van der Waals surface area contributed by atoms with Gasteiger partial charge in [-0.1, -0.05) is 23.2 Å². The predicted molar refractivity (Wildman–Crippen MR) is 87.8 cm³/mol. The average molecular weight is 354 g/mol. The number of H-pyrrole nitrogens is 1. The molecule has 1 aliphatic heterocycles. The molecule has 3 heterocycles. The molecule has 0 atom stereocenters. The van der Waals surface area contributed by atoms with Gasteiger partial charge in [0.05, 0.1) is 32.6 Å². The molecule has 9 heteroatoms. The van der Waals surface area contributed by atoms with Crippen molar-refractivity contribution in [3.63, 3.8) is 0 Å². The Kier molecular flexibility index (Phi) is 2.97. The van der Waals surface area contributed by atoms with Gasteiger partial charge in [-0.15, -0.1) is 0 Å². The lowest BCUT2D eigenvalue weighted by molar-refractivity contribution is 1.04. The number of hydrogen-bond acceptors (Lipinski definition) is 4. The number of hydrogen-bond donors (Lipinski definition) is 1. The van der Waals surface area contributed by atoms with Crippen LogP contribution in [0.2, 0.25) is 10.0 Å². The van der Waals surface area contributed by atoms with Crippen molar-refractivity contribution in [1.29, 1.82) is 0 Å². The number of rotatable bonds is 1. The van der Waals surface area contributed by atoms with Crippen LogP contribution in [-0.4, -0.2) is 14.5 Å². The fraction of sp³-hybridized carbons (Fsp3) is 0. The largest absolute Gasteiger partial charge is 0.329 e. The summed E-state index contributed by atoms with van der Waals surface area (Å²) < 4.78 is 10.7. The molecule has 1 N–H and O–H groups in total. The molecule has 4 rings (SSSR count). The fourth-order valence-electron chi connectivity index (χ4n) is 2.22. The number of nitrogens with zero attached hydrogens (tertiary/aromatic N) is 4. The van der Waals surface area contributed by atoms with Crippen LogP contribution in [0.15, 0.2) is 33.1 Å². The van der Waals surface area contributed by atoms with E-state index >= 15 is 0 Å². The van der Waals surface area contributed by atoms with Crippen molar-refractivity contribution in [2.24, 2.45) is 8.73 Å². The predicted octanol–water partition coefficient (Wildman–Crippen LogP) is 5.12. The van der Waals surface area contributed by atoms with Crippen LogP contribution in [0.3, 0.4) is 0 Å². The van der Waals surface area contributed by atoms with E-state index in [1.807, 2.05) is 12.1 Å². The van der Waals surface area contributed by atoms with Gasteiger partial charge in [0.1, 0.15) is 11.4 Å². The van der Waals surface area contributed by atoms with Crippen molar-refractivity contribution >= 4 is 69.3 Å². The van der Waals surface area contributed by atoms with E-state index in [0.29, 0.717) is 37.5 Å². The summed E-state index contributed by atoms with van der Waals surface area (Å²) in [4.78, 5) is 7.46. The van der Waals surface area contributed by atoms with E-state index < -0.39 is 0 Å². The number of imidazole rings is 1. The number of aromatic nitrogens is 3. The number of aromatic amines is 1. The van der Waals surface area contributed by atoms with Gasteiger partial charge in [-0.05, 0) is 30.4 Å². The Morgan fingerprint density at radius 3 is 2.86 bits per heavy atom. The molecule has 0 bridgehead atoms. The van der Waals surface area contributed by atoms with Crippen molar-refractivity contribution in [1.82, 2.24) is 14.5 Å². The van der Waals surface area contributed by atoms with Crippen LogP contribution in [0.1, 0.15) is 0 Å². The van der Waals surface area contributed by atoms with Crippen molar-refractivity contribution < 1.29 is 0 Å². The summed E-state index contributed by atoms with van der Waals surface area (Å²) in [5.41, 5.74) is 3.36. The van der Waals surface area contributed by atoms with E-state index in [1.165, 1.54) is 0 Å². The van der Waals surface area contributed by atoms with Gasteiger partial charge >= 0.3 is 0 Å². The molecule has 1 aromatic carbocycles. The third-order valence-electron chi connectivity index (χ3n) is 3.09. The Hall–Kier alpha value is -1.54. The molecule has 2 aromatic heterocycles. The zero-order valence-electron chi connectivity index (χ0n) is 10.2. The number of fused-ring (bicyclic) bond motifs is 2. The van der Waals surface area contributed by atoms with Gasteiger partial charge in [-0.3, -0.25) is 4.57 Å². The van der Waals surface area contributed by atoms with Crippen LogP contribution in [-0.2, 0) is 11.4 Å². The van der Waals surface area contributed by atoms with Crippen LogP contribution >= 0.6 is 35.4 Å². The average Bonchev–Trinajstić information content (AvgIpc) is 3.04. The Bertz CT molecular complexity index is 1030. The second-order valence-electron chi connectivity index (χ2n) is 4.29. The number of benzene rings is 1. The van der Waals surface area contributed by atoms with Crippen LogP contribution in [0.4, 0.5) is 11.4 Å². The normalized spacial score (nSPS) is 12.7. The molecule has 5 nitrogen and oxygen atoms in total. The number of pyridine rings is 1. The van der Waals surface area contributed by atoms with Crippen molar-refractivity contribution in [2.45, 2.75) is 0 Å². The van der Waals surface area contributed by atoms with Gasteiger partial charge in [0.2, 0.25) is 0 Å². The third kappa shape index (κ3) is 1.89. The first-order valence-corrected chi connectivity index (χ1v) is 7.72. The molecule has 0 unspecified atom stereocenters. The summed E-state index contributed by atoms with van der Waals surface area (Å²) in [6.07, 6.45) is 1.70. The molecule has 0 aliphatic carbocycles. The van der Waals surface area contributed by atoms with Gasteiger partial charge in [0.15, 0.2) is 10.4 Å². The van der Waals surface area contributed by atoms with Crippen LogP contribution in [0, 0.1) is 4.77 Å². The molecule has 104 valence electrons. The first-order chi connectivity index (χ1) is 10.2. The quantitative estimate of drug-likeness (QED) is 0.483. The summed E-state index contributed by atoms with van der Waals surface area (Å²) in [6.45, 7) is 0. The van der Waals surface area contributed by atoms with Gasteiger partial charge < -0.3 is 4.98 Å².